The first kappa shape index (κ1) is 95.7. The van der Waals surface area contributed by atoms with Crippen molar-refractivity contribution >= 4 is 107 Å². The molecule has 8 aliphatic carbocycles. The highest BCUT2D eigenvalue weighted by Crippen LogP contribution is 2.51. The fourth-order valence-electron chi connectivity index (χ4n) is 15.9. The van der Waals surface area contributed by atoms with Crippen molar-refractivity contribution < 1.29 is 92.4 Å². The molecule has 0 aromatic rings. The summed E-state index contributed by atoms with van der Waals surface area (Å²) in [5.41, 5.74) is -2.57. The zero-order chi connectivity index (χ0) is 77.7. The Labute approximate surface area is 655 Å². The number of unbranched alkanes of at least 4 members (excludes halogenated alkanes) is 8. The van der Waals surface area contributed by atoms with Crippen LogP contribution < -0.4 is 0 Å². The van der Waals surface area contributed by atoms with Crippen LogP contribution in [0.1, 0.15) is 368 Å². The quantitative estimate of drug-likeness (QED) is 0.0164. The van der Waals surface area contributed by atoms with E-state index in [9.17, 15) is 73.5 Å². The number of hydrogen-bond acceptors (Lipinski definition) is 15. The first-order chi connectivity index (χ1) is 50.3. The van der Waals surface area contributed by atoms with E-state index in [2.05, 4.69) is 47.8 Å². The van der Waals surface area contributed by atoms with Gasteiger partial charge in [-0.2, -0.15) is 0 Å². The number of alkyl halides is 3. The number of ketones is 2. The van der Waals surface area contributed by atoms with Gasteiger partial charge in [-0.1, -0.05) is 157 Å². The van der Waals surface area contributed by atoms with Gasteiger partial charge in [-0.3, -0.25) is 47.9 Å². The lowest BCUT2D eigenvalue weighted by molar-refractivity contribution is -0.162. The van der Waals surface area contributed by atoms with E-state index in [0.29, 0.717) is 70.7 Å². The van der Waals surface area contributed by atoms with E-state index in [1.165, 1.54) is 25.7 Å². The Morgan fingerprint density at radius 1 is 0.314 bits per heavy atom. The van der Waals surface area contributed by atoms with E-state index >= 15 is 0 Å². The van der Waals surface area contributed by atoms with E-state index < -0.39 is 45.5 Å². The van der Waals surface area contributed by atoms with E-state index in [-0.39, 0.29) is 57.9 Å². The number of carboxylic acid groups (broad SMARTS) is 4. The lowest BCUT2D eigenvalue weighted by atomic mass is 9.65. The summed E-state index contributed by atoms with van der Waals surface area (Å²) >= 11 is 10.1. The summed E-state index contributed by atoms with van der Waals surface area (Å²) in [6.45, 7) is 9.34. The Bertz CT molecular complexity index is 2430. The standard InChI is InChI=1S/C23H38O5.C19H32O5.C19H30O5.C11H19BrO2.C7H12O2.C4H8Br2/c1-3-27-20(25)22(15-9-16-22)13-7-5-11-19(24)12-6-8-14-23(17-10-18-23)21(26)28-4-2;2*20-15(7-1-3-9-18(16(21)22)11-5-12-18)8-2-4-10-19(17(23)24)13-6-14-19;1-2-14-10(13)11(7-5-8-11)6-3-4-9-12;1-2-9-7(8)6-4-3-5-6;5-3-1-2-4-6/h3-18H2,1-2H3;15,20H,1-14H2,(H,21,22)(H,23,24);1-14H2,(H,21,22)(H,23,24);2-9H2,1H3;6H,2-5H2,1H3;1-4H2. The van der Waals surface area contributed by atoms with Crippen LogP contribution in [0.2, 0.25) is 0 Å². The lowest BCUT2D eigenvalue weighted by Crippen LogP contribution is -2.39. The van der Waals surface area contributed by atoms with Crippen LogP contribution in [0.3, 0.4) is 0 Å². The molecule has 22 heteroatoms. The monoisotopic (exact) mass is 1680 g/mol. The molecule has 19 nitrogen and oxygen atoms in total. The van der Waals surface area contributed by atoms with E-state index in [1.807, 2.05) is 27.7 Å². The van der Waals surface area contributed by atoms with Gasteiger partial charge >= 0.3 is 47.8 Å². The summed E-state index contributed by atoms with van der Waals surface area (Å²) in [7, 11) is 0. The van der Waals surface area contributed by atoms with Crippen LogP contribution in [0.25, 0.3) is 0 Å². The summed E-state index contributed by atoms with van der Waals surface area (Å²) in [6.07, 6.45) is 46.8. The largest absolute Gasteiger partial charge is 0.481 e. The smallest absolute Gasteiger partial charge is 0.312 e. The van der Waals surface area contributed by atoms with Crippen molar-refractivity contribution in [1.29, 1.82) is 0 Å². The van der Waals surface area contributed by atoms with Crippen LogP contribution in [-0.2, 0) is 66.9 Å². The van der Waals surface area contributed by atoms with E-state index in [0.717, 1.165) is 292 Å². The number of Topliss-reactive ketones (excluding diaryl/α,β-unsaturated/α-hetero) is 2. The highest BCUT2D eigenvalue weighted by molar-refractivity contribution is 9.09. The topological polar surface area (TPSA) is 309 Å². The first-order valence-electron chi connectivity index (χ1n) is 41.3. The van der Waals surface area contributed by atoms with Gasteiger partial charge < -0.3 is 44.5 Å². The maximum atomic E-state index is 12.1. The summed E-state index contributed by atoms with van der Waals surface area (Å²) in [4.78, 5) is 116. The normalized spacial score (nSPS) is 19.3. The molecule has 8 aliphatic rings. The van der Waals surface area contributed by atoms with Crippen molar-refractivity contribution in [2.24, 2.45) is 43.8 Å². The minimum absolute atomic E-state index is 0.00347. The number of carbonyl (C=O) groups excluding carboxylic acids is 6. The van der Waals surface area contributed by atoms with Gasteiger partial charge in [-0.25, -0.2) is 0 Å². The number of aliphatic carboxylic acids is 4. The van der Waals surface area contributed by atoms with E-state index in [4.69, 9.17) is 18.9 Å². The number of esters is 4. The first-order valence-corrected chi connectivity index (χ1v) is 44.7. The average molecular weight is 1680 g/mol. The van der Waals surface area contributed by atoms with Gasteiger partial charge in [0.25, 0.3) is 0 Å². The highest BCUT2D eigenvalue weighted by atomic mass is 79.9. The van der Waals surface area contributed by atoms with Gasteiger partial charge in [0.15, 0.2) is 0 Å². The molecule has 0 heterocycles. The number of aliphatic hydroxyl groups excluding tert-OH is 1. The molecular formula is C83H139Br3O19. The Morgan fingerprint density at radius 2 is 0.533 bits per heavy atom. The molecule has 105 heavy (non-hydrogen) atoms. The number of aliphatic hydroxyl groups is 1. The molecule has 0 radical (unpaired) electrons. The van der Waals surface area contributed by atoms with Crippen molar-refractivity contribution in [2.75, 3.05) is 42.4 Å². The van der Waals surface area contributed by atoms with Crippen LogP contribution in [0.15, 0.2) is 0 Å². The van der Waals surface area contributed by atoms with Crippen molar-refractivity contribution in [3.05, 3.63) is 0 Å². The Balaban J connectivity index is 0.000000346. The van der Waals surface area contributed by atoms with Gasteiger partial charge in [0, 0.05) is 41.7 Å². The number of hydrogen-bond donors (Lipinski definition) is 5. The Kier molecular flexibility index (Phi) is 47.3. The van der Waals surface area contributed by atoms with Gasteiger partial charge in [0.2, 0.25) is 0 Å². The second kappa shape index (κ2) is 51.9. The molecule has 0 aromatic carbocycles. The van der Waals surface area contributed by atoms with Crippen molar-refractivity contribution in [2.45, 2.75) is 374 Å². The summed E-state index contributed by atoms with van der Waals surface area (Å²) in [6, 6.07) is 0. The van der Waals surface area contributed by atoms with Crippen LogP contribution in [-0.4, -0.2) is 133 Å². The lowest BCUT2D eigenvalue weighted by Gasteiger charge is -2.39. The Morgan fingerprint density at radius 3 is 0.724 bits per heavy atom. The molecule has 0 aliphatic heterocycles. The van der Waals surface area contributed by atoms with Crippen molar-refractivity contribution in [3.63, 3.8) is 0 Å². The number of rotatable bonds is 49. The zero-order valence-electron chi connectivity index (χ0n) is 65.2. The molecule has 0 aromatic heterocycles. The number of carbonyl (C=O) groups is 10. The minimum Gasteiger partial charge on any atom is -0.481 e. The molecule has 0 atom stereocenters. The van der Waals surface area contributed by atoms with Gasteiger partial charge in [-0.15, -0.1) is 0 Å². The summed E-state index contributed by atoms with van der Waals surface area (Å²) in [5.74, 6) is -1.93. The number of halogens is 3. The molecule has 0 bridgehead atoms. The SMILES string of the molecule is BrCCCCBr.CCOC(=O)C1(CCCCBr)CCC1.CCOC(=O)C1(CCCCC(=O)CCCCC2(C(=O)OCC)CCC2)CCC1.CCOC(=O)C1CCC1.O=C(CCCCC1(C(=O)O)CCC1)CCCCC1(C(=O)O)CCC1.O=C(O)C1(CCCCC(O)CCCCC2(C(=O)O)CCC2)CCC1. The van der Waals surface area contributed by atoms with Crippen molar-refractivity contribution in [3.8, 4) is 0 Å². The van der Waals surface area contributed by atoms with Crippen molar-refractivity contribution in [1.82, 2.24) is 0 Å². The molecule has 606 valence electrons. The molecule has 8 rings (SSSR count). The third-order valence-corrected chi connectivity index (χ3v) is 26.4. The molecule has 0 amide bonds. The fraction of sp³-hybridized carbons (Fsp3) is 0.880. The van der Waals surface area contributed by atoms with Crippen LogP contribution in [0.4, 0.5) is 0 Å². The molecule has 8 fully saturated rings. The zero-order valence-corrected chi connectivity index (χ0v) is 69.9. The maximum Gasteiger partial charge on any atom is 0.312 e. The van der Waals surface area contributed by atoms with E-state index in [1.54, 1.807) is 0 Å². The second-order valence-electron chi connectivity index (χ2n) is 32.0. The molecule has 0 unspecified atom stereocenters. The van der Waals surface area contributed by atoms with Crippen LogP contribution in [0, 0.1) is 43.8 Å². The predicted octanol–water partition coefficient (Wildman–Crippen LogP) is 20.5. The molecule has 8 saturated carbocycles. The molecule has 0 saturated heterocycles. The summed E-state index contributed by atoms with van der Waals surface area (Å²) in [5, 5.41) is 50.4. The predicted molar refractivity (Wildman–Crippen MR) is 420 cm³/mol. The molecular weight excluding hydrogens is 1540 g/mol. The fourth-order valence-corrected chi connectivity index (χ4v) is 17.1. The molecule has 0 spiro atoms. The van der Waals surface area contributed by atoms with Crippen LogP contribution >= 0.6 is 47.8 Å². The number of carboxylic acids is 4. The average Bonchev–Trinajstić information content (AvgIpc) is 0.962. The molecule has 5 N–H and O–H groups in total. The Hall–Kier alpha value is -3.50. The number of ether oxygens (including phenoxy) is 4. The van der Waals surface area contributed by atoms with Crippen LogP contribution in [0.5, 0.6) is 0 Å². The highest BCUT2D eigenvalue weighted by Gasteiger charge is 2.49. The van der Waals surface area contributed by atoms with Gasteiger partial charge in [-0.05, 0) is 233 Å². The maximum absolute atomic E-state index is 12.1. The third kappa shape index (κ3) is 32.4. The summed E-state index contributed by atoms with van der Waals surface area (Å²) < 4.78 is 20.4. The van der Waals surface area contributed by atoms with Gasteiger partial charge in [0.05, 0.1) is 76.4 Å². The minimum atomic E-state index is -0.677. The third-order valence-electron chi connectivity index (χ3n) is 24.7. The second-order valence-corrected chi connectivity index (χ2v) is 34.4. The van der Waals surface area contributed by atoms with Gasteiger partial charge in [0.1, 0.15) is 11.6 Å².